The summed E-state index contributed by atoms with van der Waals surface area (Å²) in [5.41, 5.74) is -1.94. The second kappa shape index (κ2) is 10.7. The van der Waals surface area contributed by atoms with Gasteiger partial charge in [-0.2, -0.15) is 47.7 Å². The van der Waals surface area contributed by atoms with Crippen molar-refractivity contribution in [3.63, 3.8) is 0 Å². The van der Waals surface area contributed by atoms with Crippen molar-refractivity contribution in [2.24, 2.45) is 0 Å². The highest BCUT2D eigenvalue weighted by Gasteiger charge is 2.40. The zero-order valence-corrected chi connectivity index (χ0v) is 22.0. The number of pyridine rings is 2. The maximum atomic E-state index is 14.5. The summed E-state index contributed by atoms with van der Waals surface area (Å²) in [7, 11) is 0. The van der Waals surface area contributed by atoms with Crippen LogP contribution < -0.4 is 10.4 Å². The Kier molecular flexibility index (Phi) is 7.17. The normalized spacial score (nSPS) is 13.5. The molecule has 2 aliphatic carbocycles. The molecule has 14 heteroatoms. The Labute approximate surface area is 243 Å². The average molecular weight is 604 g/mol. The van der Waals surface area contributed by atoms with Crippen molar-refractivity contribution in [1.82, 2.24) is 9.97 Å². The second-order valence-corrected chi connectivity index (χ2v) is 9.42. The van der Waals surface area contributed by atoms with E-state index in [0.29, 0.717) is 0 Å². The van der Waals surface area contributed by atoms with Crippen LogP contribution in [-0.2, 0) is 17.6 Å². The van der Waals surface area contributed by atoms with E-state index in [9.17, 15) is 41.3 Å². The van der Waals surface area contributed by atoms with E-state index in [0.717, 1.165) is 24.3 Å². The molecule has 0 saturated carbocycles. The van der Waals surface area contributed by atoms with E-state index in [4.69, 9.17) is 13.1 Å². The number of ether oxygens (including phenoxy) is 1. The standard InChI is InChI=1S/C30H11F7N6O/c1-12-16(29(40-2)41-3)8-18-24(12)25(13-4-20(31)42-21(32)5-13)19-9-17(15(10-38)11-39)28(44-30(35,36)37)27(19)26(18)14-6-22(33)43-23(34)7-14/h4-7H,8-9H2,1H3. The van der Waals surface area contributed by atoms with Crippen LogP contribution in [0.3, 0.4) is 0 Å². The Morgan fingerprint density at radius 3 is 1.66 bits per heavy atom. The van der Waals surface area contributed by atoms with E-state index >= 15 is 0 Å². The van der Waals surface area contributed by atoms with Gasteiger partial charge in [-0.1, -0.05) is 0 Å². The number of fused-ring (bicyclic) bond motifs is 2. The number of benzene rings is 1. The smallest absolute Gasteiger partial charge is 0.405 e. The molecule has 0 N–H and O–H groups in total. The van der Waals surface area contributed by atoms with Gasteiger partial charge >= 0.3 is 12.2 Å². The molecular weight excluding hydrogens is 593 g/mol. The third-order valence-electron chi connectivity index (χ3n) is 7.07. The average Bonchev–Trinajstić information content (AvgIpc) is 3.45. The first-order chi connectivity index (χ1) is 20.8. The highest BCUT2D eigenvalue weighted by Crippen LogP contribution is 2.41. The largest absolute Gasteiger partial charge is 0.573 e. The highest BCUT2D eigenvalue weighted by atomic mass is 19.4. The van der Waals surface area contributed by atoms with Gasteiger partial charge in [-0.3, -0.25) is 0 Å². The van der Waals surface area contributed by atoms with Gasteiger partial charge in [0.2, 0.25) is 23.8 Å². The van der Waals surface area contributed by atoms with Crippen molar-refractivity contribution in [1.29, 1.82) is 10.5 Å². The summed E-state index contributed by atoms with van der Waals surface area (Å²) in [5.74, 6) is -6.73. The van der Waals surface area contributed by atoms with Crippen LogP contribution in [0.5, 0.6) is 0 Å². The number of hydrogen-bond donors (Lipinski definition) is 0. The number of rotatable bonds is 3. The van der Waals surface area contributed by atoms with Crippen LogP contribution >= 0.6 is 0 Å². The minimum absolute atomic E-state index is 0.0404. The molecule has 0 spiro atoms. The van der Waals surface area contributed by atoms with Crippen molar-refractivity contribution < 1.29 is 35.5 Å². The van der Waals surface area contributed by atoms with Crippen molar-refractivity contribution >= 4 is 11.3 Å². The van der Waals surface area contributed by atoms with Gasteiger partial charge in [0, 0.05) is 41.5 Å². The first-order valence-electron chi connectivity index (χ1n) is 12.2. The Balaban J connectivity index is 2.17. The minimum atomic E-state index is -5.40. The summed E-state index contributed by atoms with van der Waals surface area (Å²) in [4.78, 5) is 12.5. The van der Waals surface area contributed by atoms with Crippen LogP contribution in [0.1, 0.15) is 18.1 Å². The molecule has 44 heavy (non-hydrogen) atoms. The third kappa shape index (κ3) is 4.89. The van der Waals surface area contributed by atoms with Crippen LogP contribution in [0.25, 0.3) is 43.3 Å². The Morgan fingerprint density at radius 2 is 1.23 bits per heavy atom. The lowest BCUT2D eigenvalue weighted by molar-refractivity contribution is -0.290. The van der Waals surface area contributed by atoms with Gasteiger partial charge in [0.05, 0.1) is 5.57 Å². The monoisotopic (exact) mass is 604 g/mol. The molecule has 0 amide bonds. The molecule has 0 aliphatic heterocycles. The molecule has 2 aliphatic rings. The zero-order chi connectivity index (χ0) is 32.1. The number of nitriles is 2. The number of nitrogens with zero attached hydrogens (tertiary/aromatic N) is 6. The first kappa shape index (κ1) is 29.5. The van der Waals surface area contributed by atoms with Gasteiger partial charge in [0.1, 0.15) is 36.6 Å². The second-order valence-electron chi connectivity index (χ2n) is 9.42. The molecule has 0 atom stereocenters. The molecule has 0 bridgehead atoms. The predicted octanol–water partition coefficient (Wildman–Crippen LogP) is 5.69. The molecule has 5 rings (SSSR count). The lowest BCUT2D eigenvalue weighted by atomic mass is 9.87. The fourth-order valence-electron chi connectivity index (χ4n) is 5.59. The van der Waals surface area contributed by atoms with Crippen LogP contribution in [-0.4, -0.2) is 16.3 Å². The number of allylic oxidation sites excluding steroid dienone is 2. The van der Waals surface area contributed by atoms with E-state index in [1.54, 1.807) is 0 Å². The van der Waals surface area contributed by atoms with Gasteiger partial charge in [0.25, 0.3) is 0 Å². The molecule has 0 radical (unpaired) electrons. The minimum Gasteiger partial charge on any atom is -0.405 e. The Hall–Kier alpha value is -5.99. The molecule has 7 nitrogen and oxygen atoms in total. The fourth-order valence-corrected chi connectivity index (χ4v) is 5.59. The van der Waals surface area contributed by atoms with Crippen molar-refractivity contribution in [3.05, 3.63) is 115 Å². The topological polar surface area (TPSA) is 91.3 Å². The number of halogens is 7. The molecule has 1 aromatic carbocycles. The summed E-state index contributed by atoms with van der Waals surface area (Å²) in [6.45, 7) is 16.4. The van der Waals surface area contributed by atoms with E-state index in [1.807, 2.05) is 0 Å². The number of hydrogen-bond acceptors (Lipinski definition) is 5. The first-order valence-corrected chi connectivity index (χ1v) is 12.2. The van der Waals surface area contributed by atoms with E-state index in [2.05, 4.69) is 24.4 Å². The SMILES string of the molecule is [C-]#[N+]C([N+]#[C-])=C1Cc2c(-c3cc(F)nc(F)c3)c3c(c(-c4cc(F)nc(F)c4)c2=C1C)CC(=C(C#N)C#N)C=3OC(F)(F)F. The third-order valence-corrected chi connectivity index (χ3v) is 7.07. The molecule has 3 aromatic rings. The molecule has 2 aromatic heterocycles. The Morgan fingerprint density at radius 1 is 0.795 bits per heavy atom. The van der Waals surface area contributed by atoms with Crippen LogP contribution in [0.4, 0.5) is 30.7 Å². The summed E-state index contributed by atoms with van der Waals surface area (Å²) >= 11 is 0. The van der Waals surface area contributed by atoms with Crippen LogP contribution in [0.2, 0.25) is 0 Å². The van der Waals surface area contributed by atoms with Crippen molar-refractivity contribution in [2.75, 3.05) is 0 Å². The quantitative estimate of drug-likeness (QED) is 0.166. The lowest BCUT2D eigenvalue weighted by Crippen LogP contribution is -2.26. The molecule has 0 fully saturated rings. The fraction of sp³-hybridized carbons (Fsp3) is 0.133. The molecule has 2 heterocycles. The predicted molar refractivity (Wildman–Crippen MR) is 138 cm³/mol. The van der Waals surface area contributed by atoms with Gasteiger partial charge < -0.3 is 4.74 Å². The molecule has 216 valence electrons. The van der Waals surface area contributed by atoms with Gasteiger partial charge in [-0.25, -0.2) is 0 Å². The van der Waals surface area contributed by atoms with E-state index < -0.39 is 64.5 Å². The highest BCUT2D eigenvalue weighted by molar-refractivity contribution is 5.91. The summed E-state index contributed by atoms with van der Waals surface area (Å²) in [6.07, 6.45) is -6.33. The van der Waals surface area contributed by atoms with Gasteiger partial charge in [0.15, 0.2) is 0 Å². The van der Waals surface area contributed by atoms with E-state index in [-0.39, 0.29) is 56.2 Å². The Bertz CT molecular complexity index is 2120. The van der Waals surface area contributed by atoms with Crippen molar-refractivity contribution in [2.45, 2.75) is 26.1 Å². The molecule has 0 saturated heterocycles. The maximum Gasteiger partial charge on any atom is 0.573 e. The van der Waals surface area contributed by atoms with Gasteiger partial charge in [-0.05, 0) is 57.5 Å². The number of aromatic nitrogens is 2. The maximum absolute atomic E-state index is 14.5. The number of alkyl halides is 3. The zero-order valence-electron chi connectivity index (χ0n) is 22.0. The molecular formula is C30H11F7N6O. The van der Waals surface area contributed by atoms with Gasteiger partial charge in [-0.15, -0.1) is 13.2 Å². The summed E-state index contributed by atoms with van der Waals surface area (Å²) in [5, 5.41) is 18.8. The molecule has 0 unspecified atom stereocenters. The van der Waals surface area contributed by atoms with Crippen molar-refractivity contribution in [3.8, 4) is 34.4 Å². The summed E-state index contributed by atoms with van der Waals surface area (Å²) in [6, 6.07) is 6.08. The summed E-state index contributed by atoms with van der Waals surface area (Å²) < 4.78 is 104. The van der Waals surface area contributed by atoms with E-state index in [1.165, 1.54) is 19.1 Å². The lowest BCUT2D eigenvalue weighted by Gasteiger charge is -2.17. The van der Waals surface area contributed by atoms with Crippen LogP contribution in [0.15, 0.2) is 46.8 Å². The van der Waals surface area contributed by atoms with Crippen LogP contribution in [0, 0.1) is 59.6 Å².